The van der Waals surface area contributed by atoms with Gasteiger partial charge in [-0.2, -0.15) is 0 Å². The molecule has 0 bridgehead atoms. The zero-order chi connectivity index (χ0) is 12.2. The largest absolute Gasteiger partial charge is 0.0683 e. The topological polar surface area (TPSA) is 0 Å². The van der Waals surface area contributed by atoms with Crippen LogP contribution in [0.3, 0.4) is 0 Å². The van der Waals surface area contributed by atoms with Crippen LogP contribution in [0.15, 0.2) is 18.2 Å². The lowest BCUT2D eigenvalue weighted by Crippen LogP contribution is -2.26. The second-order valence-corrected chi connectivity index (χ2v) is 4.93. The van der Waals surface area contributed by atoms with Gasteiger partial charge in [0.05, 0.1) is 0 Å². The van der Waals surface area contributed by atoms with E-state index in [-0.39, 0.29) is 0 Å². The maximum absolute atomic E-state index is 2.42. The highest BCUT2D eigenvalue weighted by molar-refractivity contribution is 5.38. The van der Waals surface area contributed by atoms with Crippen molar-refractivity contribution in [3.63, 3.8) is 0 Å². The summed E-state index contributed by atoms with van der Waals surface area (Å²) < 4.78 is 0. The molecular formula is C16H26. The molecule has 0 aliphatic heterocycles. The number of rotatable bonds is 1. The third-order valence-electron chi connectivity index (χ3n) is 3.87. The zero-order valence-corrected chi connectivity index (χ0v) is 11.6. The number of aryl methyl sites for hydroxylation is 2. The number of benzene rings is 1. The first-order chi connectivity index (χ1) is 7.65. The minimum Gasteiger partial charge on any atom is -0.0683 e. The molecule has 0 heterocycles. The summed E-state index contributed by atoms with van der Waals surface area (Å²) in [7, 11) is 0. The monoisotopic (exact) mass is 218 g/mol. The van der Waals surface area contributed by atoms with Gasteiger partial charge in [-0.3, -0.25) is 0 Å². The normalized spacial score (nSPS) is 23.1. The third-order valence-corrected chi connectivity index (χ3v) is 3.87. The predicted molar refractivity (Wildman–Crippen MR) is 73.1 cm³/mol. The van der Waals surface area contributed by atoms with E-state index in [0.29, 0.717) is 5.41 Å². The van der Waals surface area contributed by atoms with Crippen LogP contribution in [0.1, 0.15) is 63.6 Å². The first-order valence-corrected chi connectivity index (χ1v) is 6.76. The van der Waals surface area contributed by atoms with Gasteiger partial charge in [-0.1, -0.05) is 51.5 Å². The van der Waals surface area contributed by atoms with Crippen LogP contribution in [0, 0.1) is 6.92 Å². The van der Waals surface area contributed by atoms with Gasteiger partial charge in [-0.15, -0.1) is 0 Å². The van der Waals surface area contributed by atoms with Crippen molar-refractivity contribution < 1.29 is 0 Å². The molecule has 1 aliphatic carbocycles. The highest BCUT2D eigenvalue weighted by atomic mass is 14.3. The van der Waals surface area contributed by atoms with Crippen molar-refractivity contribution in [2.24, 2.45) is 0 Å². The zero-order valence-electron chi connectivity index (χ0n) is 11.6. The fraction of sp³-hybridized carbons (Fsp3) is 0.625. The average Bonchev–Trinajstić information content (AvgIpc) is 2.31. The third kappa shape index (κ3) is 2.48. The SMILES string of the molecule is CC.CCC1(C)CCCc2cc(C)ccc21. The maximum atomic E-state index is 2.42. The standard InChI is InChI=1S/C14H20.C2H6/c1-4-14(3)9-5-6-12-10-11(2)7-8-13(12)14;1-2/h7-8,10H,4-6,9H2,1-3H3;1-2H3. The van der Waals surface area contributed by atoms with Gasteiger partial charge in [0.15, 0.2) is 0 Å². The van der Waals surface area contributed by atoms with Crippen molar-refractivity contribution in [2.45, 2.75) is 65.7 Å². The summed E-state index contributed by atoms with van der Waals surface area (Å²) >= 11 is 0. The van der Waals surface area contributed by atoms with Gasteiger partial charge in [0, 0.05) is 0 Å². The Kier molecular flexibility index (Phi) is 4.58. The molecule has 0 radical (unpaired) electrons. The van der Waals surface area contributed by atoms with E-state index in [9.17, 15) is 0 Å². The molecule has 2 rings (SSSR count). The van der Waals surface area contributed by atoms with E-state index in [2.05, 4.69) is 39.0 Å². The van der Waals surface area contributed by atoms with E-state index < -0.39 is 0 Å². The summed E-state index contributed by atoms with van der Waals surface area (Å²) in [4.78, 5) is 0. The van der Waals surface area contributed by atoms with E-state index in [1.165, 1.54) is 31.2 Å². The van der Waals surface area contributed by atoms with Crippen molar-refractivity contribution in [1.82, 2.24) is 0 Å². The van der Waals surface area contributed by atoms with Crippen molar-refractivity contribution in [3.8, 4) is 0 Å². The van der Waals surface area contributed by atoms with Crippen LogP contribution in [0.5, 0.6) is 0 Å². The van der Waals surface area contributed by atoms with Gasteiger partial charge in [0.25, 0.3) is 0 Å². The van der Waals surface area contributed by atoms with Crippen molar-refractivity contribution in [3.05, 3.63) is 34.9 Å². The van der Waals surface area contributed by atoms with E-state index >= 15 is 0 Å². The second-order valence-electron chi connectivity index (χ2n) is 4.93. The minimum atomic E-state index is 0.446. The molecule has 1 unspecified atom stereocenters. The summed E-state index contributed by atoms with van der Waals surface area (Å²) in [5.74, 6) is 0. The predicted octanol–water partition coefficient (Wildman–Crippen LogP) is 5.03. The summed E-state index contributed by atoms with van der Waals surface area (Å²) in [6, 6.07) is 6.99. The fourth-order valence-corrected chi connectivity index (χ4v) is 2.69. The van der Waals surface area contributed by atoms with E-state index in [1.807, 2.05) is 13.8 Å². The number of hydrogen-bond acceptors (Lipinski definition) is 0. The molecule has 0 heteroatoms. The minimum absolute atomic E-state index is 0.446. The van der Waals surface area contributed by atoms with Crippen molar-refractivity contribution in [1.29, 1.82) is 0 Å². The molecule has 90 valence electrons. The maximum Gasteiger partial charge on any atom is -0.00750 e. The van der Waals surface area contributed by atoms with Gasteiger partial charge in [0.2, 0.25) is 0 Å². The quantitative estimate of drug-likeness (QED) is 0.620. The average molecular weight is 218 g/mol. The molecule has 1 aromatic carbocycles. The molecule has 0 fully saturated rings. The molecule has 16 heavy (non-hydrogen) atoms. The molecule has 0 nitrogen and oxygen atoms in total. The number of hydrogen-bond donors (Lipinski definition) is 0. The van der Waals surface area contributed by atoms with Crippen LogP contribution in [0.25, 0.3) is 0 Å². The van der Waals surface area contributed by atoms with Crippen LogP contribution in [0.2, 0.25) is 0 Å². The number of fused-ring (bicyclic) bond motifs is 1. The van der Waals surface area contributed by atoms with Gasteiger partial charge in [0.1, 0.15) is 0 Å². The van der Waals surface area contributed by atoms with Crippen LogP contribution >= 0.6 is 0 Å². The fourth-order valence-electron chi connectivity index (χ4n) is 2.69. The van der Waals surface area contributed by atoms with Crippen molar-refractivity contribution >= 4 is 0 Å². The van der Waals surface area contributed by atoms with E-state index in [4.69, 9.17) is 0 Å². The summed E-state index contributed by atoms with van der Waals surface area (Å²) in [6.07, 6.45) is 5.27. The summed E-state index contributed by atoms with van der Waals surface area (Å²) in [5.41, 5.74) is 5.06. The van der Waals surface area contributed by atoms with Gasteiger partial charge in [-0.25, -0.2) is 0 Å². The lowest BCUT2D eigenvalue weighted by atomic mass is 9.69. The lowest BCUT2D eigenvalue weighted by Gasteiger charge is -2.35. The first kappa shape index (κ1) is 13.3. The summed E-state index contributed by atoms with van der Waals surface area (Å²) in [5, 5.41) is 0. The molecule has 0 saturated heterocycles. The molecule has 1 aliphatic rings. The highest BCUT2D eigenvalue weighted by Gasteiger charge is 2.29. The van der Waals surface area contributed by atoms with E-state index in [1.54, 1.807) is 11.1 Å². The lowest BCUT2D eigenvalue weighted by molar-refractivity contribution is 0.381. The van der Waals surface area contributed by atoms with Crippen LogP contribution < -0.4 is 0 Å². The van der Waals surface area contributed by atoms with Crippen LogP contribution in [-0.2, 0) is 11.8 Å². The Morgan fingerprint density at radius 3 is 2.56 bits per heavy atom. The molecule has 1 aromatic rings. The molecule has 0 N–H and O–H groups in total. The Hall–Kier alpha value is -0.780. The Balaban J connectivity index is 0.000000606. The van der Waals surface area contributed by atoms with Crippen LogP contribution in [-0.4, -0.2) is 0 Å². The smallest absolute Gasteiger partial charge is 0.00750 e. The summed E-state index contributed by atoms with van der Waals surface area (Å²) in [6.45, 7) is 10.9. The molecule has 0 spiro atoms. The van der Waals surface area contributed by atoms with Crippen LogP contribution in [0.4, 0.5) is 0 Å². The Morgan fingerprint density at radius 2 is 1.94 bits per heavy atom. The Bertz CT molecular complexity index is 338. The molecule has 0 aromatic heterocycles. The second kappa shape index (κ2) is 5.52. The molecule has 1 atom stereocenters. The van der Waals surface area contributed by atoms with Crippen molar-refractivity contribution in [2.75, 3.05) is 0 Å². The van der Waals surface area contributed by atoms with Gasteiger partial charge in [-0.05, 0) is 49.1 Å². The molecule has 0 amide bonds. The Morgan fingerprint density at radius 1 is 1.25 bits per heavy atom. The molecule has 0 saturated carbocycles. The molecular weight excluding hydrogens is 192 g/mol. The highest BCUT2D eigenvalue weighted by Crippen LogP contribution is 2.39. The Labute approximate surface area is 101 Å². The first-order valence-electron chi connectivity index (χ1n) is 6.76. The van der Waals surface area contributed by atoms with Gasteiger partial charge >= 0.3 is 0 Å². The van der Waals surface area contributed by atoms with E-state index in [0.717, 1.165) is 0 Å². The van der Waals surface area contributed by atoms with Gasteiger partial charge < -0.3 is 0 Å².